The molecule has 2 saturated heterocycles. The Bertz CT molecular complexity index is 1610. The highest BCUT2D eigenvalue weighted by atomic mass is 16.4. The van der Waals surface area contributed by atoms with Gasteiger partial charge in [-0.3, -0.25) is 43.3 Å². The Hall–Kier alpha value is -5.30. The molecule has 55 heavy (non-hydrogen) atoms. The lowest BCUT2D eigenvalue weighted by molar-refractivity contribution is -0.142. The van der Waals surface area contributed by atoms with Gasteiger partial charge in [-0.05, 0) is 78.6 Å². The molecule has 304 valence electrons. The maximum absolute atomic E-state index is 14.2. The number of carbonyl (C=O) groups is 8. The molecule has 1 aromatic carbocycles. The van der Waals surface area contributed by atoms with E-state index in [9.17, 15) is 48.6 Å². The molecular weight excluding hydrogens is 720 g/mol. The molecule has 7 amide bonds. The molecule has 10 N–H and O–H groups in total. The van der Waals surface area contributed by atoms with Gasteiger partial charge in [0.25, 0.3) is 5.75 Å². The zero-order valence-electron chi connectivity index (χ0n) is 32.2. The first-order chi connectivity index (χ1) is 25.6. The van der Waals surface area contributed by atoms with Crippen LogP contribution >= 0.6 is 0 Å². The number of carboxylic acid groups (broad SMARTS) is 1. The number of hydrogen-bond donors (Lipinski definition) is 8. The van der Waals surface area contributed by atoms with E-state index < -0.39 is 114 Å². The van der Waals surface area contributed by atoms with Crippen molar-refractivity contribution in [2.75, 3.05) is 20.1 Å². The van der Waals surface area contributed by atoms with Gasteiger partial charge in [-0.15, -0.1) is 0 Å². The van der Waals surface area contributed by atoms with Crippen LogP contribution in [-0.2, 0) is 44.8 Å². The predicted molar refractivity (Wildman–Crippen MR) is 197 cm³/mol. The fraction of sp³-hybridized carbons (Fsp3) is 0.611. The molecule has 8 atom stereocenters. The van der Waals surface area contributed by atoms with Gasteiger partial charge in [-0.25, -0.2) is 0 Å². The van der Waals surface area contributed by atoms with Crippen LogP contribution in [0.25, 0.3) is 0 Å². The van der Waals surface area contributed by atoms with Gasteiger partial charge in [0, 0.05) is 31.1 Å². The third-order valence-corrected chi connectivity index (χ3v) is 9.18. The Morgan fingerprint density at radius 2 is 1.53 bits per heavy atom. The average Bonchev–Trinajstić information content (AvgIpc) is 3.54. The van der Waals surface area contributed by atoms with Crippen molar-refractivity contribution in [2.24, 2.45) is 0 Å². The van der Waals surface area contributed by atoms with E-state index in [0.717, 1.165) is 4.90 Å². The maximum Gasteiger partial charge on any atom is 0.305 e. The summed E-state index contributed by atoms with van der Waals surface area (Å²) in [5.74, 6) is -6.85. The third kappa shape index (κ3) is 12.6. The highest BCUT2D eigenvalue weighted by molar-refractivity contribution is 5.97. The van der Waals surface area contributed by atoms with E-state index in [1.54, 1.807) is 37.8 Å². The first-order valence-electron chi connectivity index (χ1n) is 18.1. The number of carbonyl (C=O) groups excluding carboxylic acids is 7. The minimum absolute atomic E-state index is 0.0184. The van der Waals surface area contributed by atoms with Crippen LogP contribution in [0, 0.1) is 0 Å². The Labute approximate surface area is 319 Å². The lowest BCUT2D eigenvalue weighted by atomic mass is 10.0. The van der Waals surface area contributed by atoms with Crippen molar-refractivity contribution in [3.05, 3.63) is 29.8 Å². The van der Waals surface area contributed by atoms with Crippen LogP contribution in [0.2, 0.25) is 0 Å². The van der Waals surface area contributed by atoms with Crippen molar-refractivity contribution in [3.8, 4) is 5.75 Å². The predicted octanol–water partition coefficient (Wildman–Crippen LogP) is -2.79. The van der Waals surface area contributed by atoms with Crippen LogP contribution in [0.3, 0.4) is 0 Å². The van der Waals surface area contributed by atoms with Crippen LogP contribution in [0.15, 0.2) is 24.3 Å². The first kappa shape index (κ1) is 44.1. The number of benzene rings is 1. The summed E-state index contributed by atoms with van der Waals surface area (Å²) in [6.07, 6.45) is -1.71. The zero-order valence-corrected chi connectivity index (χ0v) is 32.2. The molecule has 0 radical (unpaired) electrons. The fourth-order valence-corrected chi connectivity index (χ4v) is 6.50. The minimum Gasteiger partial charge on any atom is -0.593 e. The Morgan fingerprint density at radius 1 is 0.909 bits per heavy atom. The number of hydrogen-bond acceptors (Lipinski definition) is 10. The number of amides is 7. The van der Waals surface area contributed by atoms with Crippen molar-refractivity contribution in [1.29, 1.82) is 0 Å². The highest BCUT2D eigenvalue weighted by Gasteiger charge is 2.44. The van der Waals surface area contributed by atoms with Crippen molar-refractivity contribution in [2.45, 2.75) is 121 Å². The molecule has 1 aromatic rings. The van der Waals surface area contributed by atoms with Gasteiger partial charge in [0.2, 0.25) is 41.4 Å². The van der Waals surface area contributed by atoms with Crippen molar-refractivity contribution >= 4 is 47.3 Å². The second kappa shape index (κ2) is 18.8. The van der Waals surface area contributed by atoms with E-state index in [1.807, 2.05) is 0 Å². The quantitative estimate of drug-likeness (QED) is 0.137. The number of rotatable bonds is 6. The normalized spacial score (nSPS) is 27.6. The van der Waals surface area contributed by atoms with E-state index in [1.165, 1.54) is 40.0 Å². The highest BCUT2D eigenvalue weighted by Crippen LogP contribution is 2.24. The van der Waals surface area contributed by atoms with Gasteiger partial charge in [0.15, 0.2) is 0 Å². The van der Waals surface area contributed by atoms with E-state index >= 15 is 0 Å². The summed E-state index contributed by atoms with van der Waals surface area (Å²) >= 11 is 0. The van der Waals surface area contributed by atoms with Crippen LogP contribution in [0.5, 0.6) is 5.75 Å². The summed E-state index contributed by atoms with van der Waals surface area (Å²) in [5.41, 5.74) is -0.127. The van der Waals surface area contributed by atoms with Crippen LogP contribution in [0.1, 0.15) is 66.4 Å². The standard InChI is InChI=1S/C36H54N8O11/c1-18-29(34(54)42-36(4,5)6)44-14-8-9-25(44)32(52)40-24(15-21-10-12-22(46)13-11-21)35(55)43(7)17-26(47)37-19(2)30(50)39-23(16-27(48)49)31(51)41-28(20(3)45)33(53)38-18/h10-13,18-20,23-25,28-29,45-46H,8-9,14-17H2,1-7H3,(H,37,47)(H,38,53)(H,39,50)(H,40,52)(H,41,51)(H,42,54)(H,48,49)/p+1/t18-,19-,20+,23-,24-,25-,28-,29-/m0/s1. The number of nitrogens with zero attached hydrogens (tertiary/aromatic N) is 2. The third-order valence-electron chi connectivity index (χ3n) is 9.18. The van der Waals surface area contributed by atoms with Crippen LogP contribution < -0.4 is 31.9 Å². The van der Waals surface area contributed by atoms with E-state index in [2.05, 4.69) is 31.9 Å². The van der Waals surface area contributed by atoms with E-state index in [4.69, 9.17) is 5.11 Å². The zero-order chi connectivity index (χ0) is 41.4. The topological polar surface area (TPSA) is 279 Å². The second-order valence-electron chi connectivity index (χ2n) is 15.2. The Morgan fingerprint density at radius 3 is 2.11 bits per heavy atom. The lowest BCUT2D eigenvalue weighted by Crippen LogP contribution is -2.65. The van der Waals surface area contributed by atoms with Gasteiger partial charge in [-0.2, -0.15) is 0 Å². The number of likely N-dealkylation sites (N-methyl/N-ethyl adjacent to an activating group) is 1. The largest absolute Gasteiger partial charge is 0.593 e. The molecular formula is C36H55N8O11+. The number of carboxylic acids is 1. The van der Waals surface area contributed by atoms with Gasteiger partial charge in [0.1, 0.15) is 30.2 Å². The lowest BCUT2D eigenvalue weighted by Gasteiger charge is -2.38. The maximum atomic E-state index is 14.2. The van der Waals surface area contributed by atoms with E-state index in [0.29, 0.717) is 12.0 Å². The molecule has 19 nitrogen and oxygen atoms in total. The van der Waals surface area contributed by atoms with Crippen molar-refractivity contribution < 1.29 is 53.7 Å². The molecule has 0 aromatic heterocycles. The SMILES string of the molecule is C[C@@H]1NC(=O)CN(C)C(=O)[C@H](Cc2ccc([OH2+])cc2)NC(=O)[C@@H]2CCCN2[C@H](C(=O)NC(C)(C)C)[C@H](C)NC(=O)[C@H]([C@@H](C)O)NC(=O)[C@H](CC(=O)O)NC1=O. The summed E-state index contributed by atoms with van der Waals surface area (Å²) in [6, 6.07) is -2.82. The molecule has 2 fully saturated rings. The smallest absolute Gasteiger partial charge is 0.305 e. The summed E-state index contributed by atoms with van der Waals surface area (Å²) in [4.78, 5) is 110. The molecule has 0 bridgehead atoms. The van der Waals surface area contributed by atoms with Crippen LogP contribution in [0.4, 0.5) is 0 Å². The Balaban J connectivity index is 2.11. The molecule has 2 aliphatic heterocycles. The monoisotopic (exact) mass is 775 g/mol. The number of nitrogens with one attached hydrogen (secondary N) is 6. The molecule has 2 aliphatic rings. The number of aliphatic hydroxyl groups is 1. The Kier molecular flexibility index (Phi) is 15.1. The van der Waals surface area contributed by atoms with E-state index in [-0.39, 0.29) is 25.1 Å². The second-order valence-corrected chi connectivity index (χ2v) is 15.2. The first-order valence-corrected chi connectivity index (χ1v) is 18.1. The molecule has 0 aliphatic carbocycles. The average molecular weight is 776 g/mol. The van der Waals surface area contributed by atoms with Crippen molar-refractivity contribution in [1.82, 2.24) is 41.7 Å². The number of aliphatic carboxylic acids is 1. The van der Waals surface area contributed by atoms with Crippen LogP contribution in [-0.4, -0.2) is 147 Å². The molecule has 0 saturated carbocycles. The van der Waals surface area contributed by atoms with Gasteiger partial charge < -0.3 is 52.1 Å². The van der Waals surface area contributed by atoms with Gasteiger partial charge in [-0.1, -0.05) is 0 Å². The summed E-state index contributed by atoms with van der Waals surface area (Å²) in [6.45, 7) is 8.94. The minimum atomic E-state index is -1.74. The van der Waals surface area contributed by atoms with Gasteiger partial charge in [0.05, 0.1) is 31.2 Å². The molecule has 0 unspecified atom stereocenters. The molecule has 3 rings (SSSR count). The number of aliphatic hydroxyl groups excluding tert-OH is 1. The molecule has 19 heteroatoms. The summed E-state index contributed by atoms with van der Waals surface area (Å²) in [5, 5.41) is 43.2. The number of fused-ring (bicyclic) bond motifs is 1. The molecule has 2 heterocycles. The van der Waals surface area contributed by atoms with Crippen molar-refractivity contribution in [3.63, 3.8) is 0 Å². The fourth-order valence-electron chi connectivity index (χ4n) is 6.50. The molecule has 0 spiro atoms. The van der Waals surface area contributed by atoms with Gasteiger partial charge >= 0.3 is 5.97 Å². The summed E-state index contributed by atoms with van der Waals surface area (Å²) < 4.78 is 0. The summed E-state index contributed by atoms with van der Waals surface area (Å²) in [7, 11) is 1.33.